The van der Waals surface area contributed by atoms with Crippen LogP contribution in [0, 0.1) is 6.92 Å². The number of aromatic nitrogens is 1. The number of rotatable bonds is 14. The van der Waals surface area contributed by atoms with Crippen LogP contribution < -0.4 is 4.74 Å². The molecular formula is C27H36NO6P. The number of hydrogen-bond donors (Lipinski definition) is 0. The average Bonchev–Trinajstić information content (AvgIpc) is 3.08. The molecule has 0 amide bonds. The quantitative estimate of drug-likeness (QED) is 0.150. The molecule has 0 unspecified atom stereocenters. The molecule has 0 N–H and O–H groups in total. The van der Waals surface area contributed by atoms with Crippen LogP contribution in [0.2, 0.25) is 0 Å². The Morgan fingerprint density at radius 3 is 2.34 bits per heavy atom. The van der Waals surface area contributed by atoms with Gasteiger partial charge in [0.1, 0.15) is 5.75 Å². The molecule has 1 aromatic heterocycles. The first-order valence-electron chi connectivity index (χ1n) is 12.2. The fraction of sp³-hybridized carbons (Fsp3) is 0.444. The van der Waals surface area contributed by atoms with Gasteiger partial charge >= 0.3 is 13.6 Å². The molecule has 0 aliphatic heterocycles. The lowest BCUT2D eigenvalue weighted by Gasteiger charge is -2.16. The predicted octanol–water partition coefficient (Wildman–Crippen LogP) is 6.14. The molecular weight excluding hydrogens is 465 g/mol. The number of nitrogens with zero attached hydrogens (tertiary/aromatic N) is 1. The standard InChI is InChI=1S/C27H36NO6P/c1-5-31-27(29)19-24-21(4)28(20-22-12-9-8-10-13-22)26-15-14-23(18-25(24)26)32-16-11-17-35(30,33-6-2)34-7-3/h8-10,12-15,18H,5-7,11,16-17,19-20H2,1-4H3. The highest BCUT2D eigenvalue weighted by Crippen LogP contribution is 2.48. The van der Waals surface area contributed by atoms with Gasteiger partial charge in [-0.1, -0.05) is 30.3 Å². The van der Waals surface area contributed by atoms with E-state index in [1.165, 1.54) is 5.56 Å². The van der Waals surface area contributed by atoms with Gasteiger partial charge in [0, 0.05) is 23.1 Å². The number of benzene rings is 2. The first kappa shape index (κ1) is 27.0. The third-order valence-corrected chi connectivity index (χ3v) is 7.90. The summed E-state index contributed by atoms with van der Waals surface area (Å²) in [5, 5.41) is 0.971. The Bertz CT molecular complexity index is 1150. The summed E-state index contributed by atoms with van der Waals surface area (Å²) in [4.78, 5) is 12.4. The van der Waals surface area contributed by atoms with Crippen molar-refractivity contribution in [3.8, 4) is 5.75 Å². The predicted molar refractivity (Wildman–Crippen MR) is 138 cm³/mol. The van der Waals surface area contributed by atoms with Gasteiger partial charge < -0.3 is 23.1 Å². The zero-order chi connectivity index (χ0) is 25.3. The highest BCUT2D eigenvalue weighted by molar-refractivity contribution is 7.53. The summed E-state index contributed by atoms with van der Waals surface area (Å²) in [5.74, 6) is 0.449. The molecule has 0 aliphatic rings. The average molecular weight is 502 g/mol. The third-order valence-electron chi connectivity index (χ3n) is 5.73. The van der Waals surface area contributed by atoms with Gasteiger partial charge in [0.25, 0.3) is 0 Å². The maximum absolute atomic E-state index is 12.6. The number of fused-ring (bicyclic) bond motifs is 1. The Morgan fingerprint density at radius 1 is 0.971 bits per heavy atom. The highest BCUT2D eigenvalue weighted by atomic mass is 31.2. The minimum Gasteiger partial charge on any atom is -0.494 e. The molecule has 0 spiro atoms. The van der Waals surface area contributed by atoms with E-state index in [4.69, 9.17) is 18.5 Å². The highest BCUT2D eigenvalue weighted by Gasteiger charge is 2.23. The van der Waals surface area contributed by atoms with Crippen molar-refractivity contribution in [2.45, 2.75) is 47.1 Å². The van der Waals surface area contributed by atoms with Gasteiger partial charge in [0.2, 0.25) is 0 Å². The van der Waals surface area contributed by atoms with Crippen molar-refractivity contribution in [1.82, 2.24) is 4.57 Å². The second-order valence-corrected chi connectivity index (χ2v) is 10.4. The summed E-state index contributed by atoms with van der Waals surface area (Å²) in [7, 11) is -3.08. The molecule has 0 saturated carbocycles. The van der Waals surface area contributed by atoms with Crippen molar-refractivity contribution in [2.24, 2.45) is 0 Å². The maximum atomic E-state index is 12.6. The molecule has 1 heterocycles. The lowest BCUT2D eigenvalue weighted by molar-refractivity contribution is -0.142. The van der Waals surface area contributed by atoms with E-state index in [9.17, 15) is 9.36 Å². The lowest BCUT2D eigenvalue weighted by atomic mass is 10.1. The first-order chi connectivity index (χ1) is 16.9. The van der Waals surface area contributed by atoms with Crippen molar-refractivity contribution in [2.75, 3.05) is 32.6 Å². The number of carbonyl (C=O) groups is 1. The molecule has 0 radical (unpaired) electrons. The van der Waals surface area contributed by atoms with Crippen molar-refractivity contribution in [1.29, 1.82) is 0 Å². The van der Waals surface area contributed by atoms with Crippen molar-refractivity contribution >= 4 is 24.5 Å². The number of hydrogen-bond acceptors (Lipinski definition) is 6. The second kappa shape index (κ2) is 12.9. The monoisotopic (exact) mass is 501 g/mol. The van der Waals surface area contributed by atoms with Crippen molar-refractivity contribution in [3.05, 3.63) is 65.4 Å². The molecule has 0 fully saturated rings. The van der Waals surface area contributed by atoms with E-state index in [0.29, 0.717) is 51.3 Å². The Hall–Kier alpha value is -2.60. The molecule has 0 atom stereocenters. The van der Waals surface area contributed by atoms with Gasteiger partial charge in [-0.2, -0.15) is 0 Å². The van der Waals surface area contributed by atoms with E-state index >= 15 is 0 Å². The molecule has 0 bridgehead atoms. The number of esters is 1. The van der Waals surface area contributed by atoms with Crippen LogP contribution in [0.15, 0.2) is 48.5 Å². The van der Waals surface area contributed by atoms with Crippen molar-refractivity contribution in [3.63, 3.8) is 0 Å². The van der Waals surface area contributed by atoms with Crippen LogP contribution >= 0.6 is 7.60 Å². The van der Waals surface area contributed by atoms with Crippen molar-refractivity contribution < 1.29 is 27.9 Å². The molecule has 7 nitrogen and oxygen atoms in total. The van der Waals surface area contributed by atoms with Gasteiger partial charge in [-0.05, 0) is 63.4 Å². The smallest absolute Gasteiger partial charge is 0.330 e. The summed E-state index contributed by atoms with van der Waals surface area (Å²) < 4.78 is 36.8. The minimum atomic E-state index is -3.08. The molecule has 3 aromatic rings. The summed E-state index contributed by atoms with van der Waals surface area (Å²) in [5.41, 5.74) is 4.19. The van der Waals surface area contributed by atoms with Crippen LogP contribution in [0.1, 0.15) is 44.0 Å². The SMILES string of the molecule is CCOC(=O)Cc1c(C)n(Cc2ccccc2)c2ccc(OCCCP(=O)(OCC)OCC)cc12. The second-order valence-electron chi connectivity index (χ2n) is 8.17. The summed E-state index contributed by atoms with van der Waals surface area (Å²) >= 11 is 0. The third kappa shape index (κ3) is 7.20. The Labute approximate surface area is 207 Å². The van der Waals surface area contributed by atoms with E-state index in [-0.39, 0.29) is 12.4 Å². The summed E-state index contributed by atoms with van der Waals surface area (Å²) in [6.07, 6.45) is 1.05. The van der Waals surface area contributed by atoms with E-state index < -0.39 is 7.60 Å². The van der Waals surface area contributed by atoms with E-state index in [1.807, 2.05) is 50.2 Å². The first-order valence-corrected chi connectivity index (χ1v) is 14.0. The summed E-state index contributed by atoms with van der Waals surface area (Å²) in [6, 6.07) is 16.2. The fourth-order valence-corrected chi connectivity index (χ4v) is 5.81. The number of carbonyl (C=O) groups excluding carboxylic acids is 1. The number of ether oxygens (including phenoxy) is 2. The van der Waals surface area contributed by atoms with Crippen LogP contribution in [-0.4, -0.2) is 43.1 Å². The molecule has 0 aliphatic carbocycles. The zero-order valence-corrected chi connectivity index (χ0v) is 22.0. The minimum absolute atomic E-state index is 0.202. The molecule has 35 heavy (non-hydrogen) atoms. The van der Waals surface area contributed by atoms with Gasteiger partial charge in [-0.15, -0.1) is 0 Å². The van der Waals surface area contributed by atoms with Gasteiger partial charge in [0.05, 0.1) is 39.0 Å². The molecule has 3 rings (SSSR count). The molecule has 2 aromatic carbocycles. The Morgan fingerprint density at radius 2 is 1.69 bits per heavy atom. The van der Waals surface area contributed by atoms with Crippen LogP contribution in [0.5, 0.6) is 5.75 Å². The topological polar surface area (TPSA) is 76.0 Å². The molecule has 0 saturated heterocycles. The van der Waals surface area contributed by atoms with Gasteiger partial charge in [0.15, 0.2) is 0 Å². The van der Waals surface area contributed by atoms with Gasteiger partial charge in [-0.25, -0.2) is 0 Å². The van der Waals surface area contributed by atoms with Crippen LogP contribution in [-0.2, 0) is 36.1 Å². The Kier molecular flexibility index (Phi) is 9.96. The Balaban J connectivity index is 1.82. The van der Waals surface area contributed by atoms with E-state index in [0.717, 1.165) is 22.2 Å². The normalized spacial score (nSPS) is 11.7. The van der Waals surface area contributed by atoms with Crippen LogP contribution in [0.4, 0.5) is 0 Å². The van der Waals surface area contributed by atoms with Crippen LogP contribution in [0.25, 0.3) is 10.9 Å². The molecule has 8 heteroatoms. The van der Waals surface area contributed by atoms with Crippen LogP contribution in [0.3, 0.4) is 0 Å². The largest absolute Gasteiger partial charge is 0.494 e. The van der Waals surface area contributed by atoms with E-state index in [1.54, 1.807) is 13.8 Å². The molecule has 190 valence electrons. The lowest BCUT2D eigenvalue weighted by Crippen LogP contribution is -2.09. The fourth-order valence-electron chi connectivity index (χ4n) is 4.18. The van der Waals surface area contributed by atoms with Gasteiger partial charge in [-0.3, -0.25) is 9.36 Å². The maximum Gasteiger partial charge on any atom is 0.330 e. The summed E-state index contributed by atoms with van der Waals surface area (Å²) in [6.45, 7) is 9.58. The zero-order valence-electron chi connectivity index (χ0n) is 21.1. The van der Waals surface area contributed by atoms with E-state index in [2.05, 4.69) is 16.7 Å².